The smallest absolute Gasteiger partial charge is 0.328 e. The monoisotopic (exact) mass is 216 g/mol. The van der Waals surface area contributed by atoms with Gasteiger partial charge in [0, 0.05) is 17.2 Å². The molecule has 0 heterocycles. The second-order valence-corrected chi connectivity index (χ2v) is 4.00. The molecule has 0 aromatic heterocycles. The number of hydrogen-bond donors (Lipinski definition) is 1. The average molecular weight is 216 g/mol. The number of hydrogen-bond acceptors (Lipinski definition) is 2. The molecule has 0 atom stereocenters. The fourth-order valence-electron chi connectivity index (χ4n) is 1.96. The molecule has 0 aliphatic heterocycles. The highest BCUT2D eigenvalue weighted by Crippen LogP contribution is 2.25. The molecule has 0 saturated heterocycles. The summed E-state index contributed by atoms with van der Waals surface area (Å²) in [5, 5.41) is 8.66. The molecule has 3 nitrogen and oxygen atoms in total. The molecule has 0 unspecified atom stereocenters. The van der Waals surface area contributed by atoms with E-state index < -0.39 is 5.97 Å². The van der Waals surface area contributed by atoms with Gasteiger partial charge >= 0.3 is 5.97 Å². The molecule has 0 amide bonds. The Labute approximate surface area is 93.4 Å². The second-order valence-electron chi connectivity index (χ2n) is 4.00. The summed E-state index contributed by atoms with van der Waals surface area (Å²) in [7, 11) is 0. The van der Waals surface area contributed by atoms with Crippen LogP contribution in [0, 0.1) is 6.92 Å². The van der Waals surface area contributed by atoms with Crippen LogP contribution in [0.1, 0.15) is 27.9 Å². The Kier molecular flexibility index (Phi) is 2.60. The van der Waals surface area contributed by atoms with Crippen LogP contribution in [0.15, 0.2) is 29.8 Å². The van der Waals surface area contributed by atoms with Gasteiger partial charge in [0.25, 0.3) is 0 Å². The summed E-state index contributed by atoms with van der Waals surface area (Å²) in [5.74, 6) is -1.20. The van der Waals surface area contributed by atoms with Crippen molar-refractivity contribution in [2.75, 3.05) is 0 Å². The molecule has 16 heavy (non-hydrogen) atoms. The van der Waals surface area contributed by atoms with Crippen LogP contribution in [0.4, 0.5) is 0 Å². The van der Waals surface area contributed by atoms with Crippen molar-refractivity contribution in [2.24, 2.45) is 0 Å². The number of ketones is 1. The average Bonchev–Trinajstić information content (AvgIpc) is 2.22. The molecule has 1 aliphatic rings. The number of carboxylic acids is 1. The van der Waals surface area contributed by atoms with E-state index >= 15 is 0 Å². The Bertz CT molecular complexity index is 498. The van der Waals surface area contributed by atoms with E-state index in [1.165, 1.54) is 0 Å². The van der Waals surface area contributed by atoms with E-state index in [0.29, 0.717) is 17.6 Å². The molecule has 0 bridgehead atoms. The van der Waals surface area contributed by atoms with Crippen molar-refractivity contribution in [1.29, 1.82) is 0 Å². The summed E-state index contributed by atoms with van der Waals surface area (Å²) in [6.07, 6.45) is 2.27. The van der Waals surface area contributed by atoms with Crippen molar-refractivity contribution in [3.05, 3.63) is 46.5 Å². The molecule has 82 valence electrons. The number of benzene rings is 1. The Morgan fingerprint density at radius 3 is 2.81 bits per heavy atom. The first-order chi connectivity index (χ1) is 7.58. The first kappa shape index (κ1) is 10.6. The minimum atomic E-state index is -1.06. The lowest BCUT2D eigenvalue weighted by Crippen LogP contribution is -2.15. The Morgan fingerprint density at radius 1 is 1.38 bits per heavy atom. The summed E-state index contributed by atoms with van der Waals surface area (Å²) in [6.45, 7) is 1.92. The van der Waals surface area contributed by atoms with Crippen LogP contribution in [-0.2, 0) is 11.2 Å². The Morgan fingerprint density at radius 2 is 2.12 bits per heavy atom. The highest BCUT2D eigenvalue weighted by atomic mass is 16.4. The van der Waals surface area contributed by atoms with E-state index in [1.807, 2.05) is 25.1 Å². The lowest BCUT2D eigenvalue weighted by molar-refractivity contribution is -0.131. The molecular formula is C13H12O3. The van der Waals surface area contributed by atoms with Crippen molar-refractivity contribution < 1.29 is 14.7 Å². The molecule has 3 heteroatoms. The first-order valence-electron chi connectivity index (χ1n) is 5.15. The summed E-state index contributed by atoms with van der Waals surface area (Å²) < 4.78 is 0. The van der Waals surface area contributed by atoms with Crippen LogP contribution in [-0.4, -0.2) is 16.9 Å². The van der Waals surface area contributed by atoms with Crippen LogP contribution < -0.4 is 0 Å². The fourth-order valence-corrected chi connectivity index (χ4v) is 1.96. The Hall–Kier alpha value is -1.90. The third-order valence-corrected chi connectivity index (χ3v) is 2.76. The van der Waals surface area contributed by atoms with Gasteiger partial charge in [0.05, 0.1) is 0 Å². The van der Waals surface area contributed by atoms with E-state index in [9.17, 15) is 9.59 Å². The number of carbonyl (C=O) groups excluding carboxylic acids is 1. The molecule has 0 radical (unpaired) electrons. The molecule has 0 fully saturated rings. The van der Waals surface area contributed by atoms with E-state index in [1.54, 1.807) is 0 Å². The molecule has 1 aromatic carbocycles. The van der Waals surface area contributed by atoms with Gasteiger partial charge in [-0.3, -0.25) is 4.79 Å². The fraction of sp³-hybridized carbons (Fsp3) is 0.231. The number of aryl methyl sites for hydroxylation is 2. The standard InChI is InChI=1S/C13H12O3/c1-8-2-3-9-4-5-10(7-12(14)15)13(16)11(9)6-8/h2-3,6-7H,4-5H2,1H3,(H,14,15)/b10-7-. The van der Waals surface area contributed by atoms with Crippen molar-refractivity contribution in [3.63, 3.8) is 0 Å². The highest BCUT2D eigenvalue weighted by molar-refractivity contribution is 6.12. The van der Waals surface area contributed by atoms with Crippen LogP contribution in [0.5, 0.6) is 0 Å². The quantitative estimate of drug-likeness (QED) is 0.731. The van der Waals surface area contributed by atoms with Crippen LogP contribution in [0.3, 0.4) is 0 Å². The van der Waals surface area contributed by atoms with Gasteiger partial charge in [0.2, 0.25) is 0 Å². The van der Waals surface area contributed by atoms with Gasteiger partial charge in [-0.2, -0.15) is 0 Å². The SMILES string of the molecule is Cc1ccc2c(c1)C(=O)/C(=C\C(=O)O)CC2. The van der Waals surface area contributed by atoms with Crippen LogP contribution in [0.25, 0.3) is 0 Å². The topological polar surface area (TPSA) is 54.4 Å². The molecule has 0 spiro atoms. The van der Waals surface area contributed by atoms with Crippen molar-refractivity contribution in [1.82, 2.24) is 0 Å². The molecule has 1 aliphatic carbocycles. The van der Waals surface area contributed by atoms with E-state index in [2.05, 4.69) is 0 Å². The second kappa shape index (κ2) is 3.93. The molecule has 1 N–H and O–H groups in total. The van der Waals surface area contributed by atoms with Crippen molar-refractivity contribution in [3.8, 4) is 0 Å². The maximum atomic E-state index is 12.0. The summed E-state index contributed by atoms with van der Waals surface area (Å²) in [6, 6.07) is 5.74. The van der Waals surface area contributed by atoms with E-state index in [4.69, 9.17) is 5.11 Å². The summed E-state index contributed by atoms with van der Waals surface area (Å²) in [5.41, 5.74) is 3.08. The van der Waals surface area contributed by atoms with Gasteiger partial charge in [-0.05, 0) is 31.4 Å². The normalized spacial score (nSPS) is 17.3. The van der Waals surface area contributed by atoms with Gasteiger partial charge < -0.3 is 5.11 Å². The summed E-state index contributed by atoms with van der Waals surface area (Å²) in [4.78, 5) is 22.5. The van der Waals surface area contributed by atoms with Gasteiger partial charge in [-0.1, -0.05) is 17.7 Å². The molecule has 1 aromatic rings. The molecule has 0 saturated carbocycles. The minimum absolute atomic E-state index is 0.146. The van der Waals surface area contributed by atoms with Crippen LogP contribution >= 0.6 is 0 Å². The van der Waals surface area contributed by atoms with Gasteiger partial charge in [-0.25, -0.2) is 4.79 Å². The predicted octanol–water partition coefficient (Wildman–Crippen LogP) is 2.13. The maximum Gasteiger partial charge on any atom is 0.328 e. The first-order valence-corrected chi connectivity index (χ1v) is 5.15. The number of carboxylic acid groups (broad SMARTS) is 1. The van der Waals surface area contributed by atoms with Crippen molar-refractivity contribution in [2.45, 2.75) is 19.8 Å². The predicted molar refractivity (Wildman–Crippen MR) is 59.5 cm³/mol. The van der Waals surface area contributed by atoms with Crippen molar-refractivity contribution >= 4 is 11.8 Å². The third kappa shape index (κ3) is 1.89. The number of allylic oxidation sites excluding steroid dienone is 1. The van der Waals surface area contributed by atoms with Gasteiger partial charge in [0.15, 0.2) is 5.78 Å². The van der Waals surface area contributed by atoms with E-state index in [0.717, 1.165) is 23.6 Å². The van der Waals surface area contributed by atoms with Gasteiger partial charge in [0.1, 0.15) is 0 Å². The lowest BCUT2D eigenvalue weighted by Gasteiger charge is -2.17. The summed E-state index contributed by atoms with van der Waals surface area (Å²) >= 11 is 0. The number of carbonyl (C=O) groups is 2. The number of aliphatic carboxylic acids is 1. The molecular weight excluding hydrogens is 204 g/mol. The van der Waals surface area contributed by atoms with E-state index in [-0.39, 0.29) is 5.78 Å². The van der Waals surface area contributed by atoms with Crippen LogP contribution in [0.2, 0.25) is 0 Å². The minimum Gasteiger partial charge on any atom is -0.478 e. The number of Topliss-reactive ketones (excluding diaryl/α,β-unsaturated/α-hetero) is 1. The Balaban J connectivity index is 2.46. The lowest BCUT2D eigenvalue weighted by atomic mass is 9.86. The van der Waals surface area contributed by atoms with Gasteiger partial charge in [-0.15, -0.1) is 0 Å². The zero-order valence-corrected chi connectivity index (χ0v) is 8.99. The maximum absolute atomic E-state index is 12.0. The zero-order valence-electron chi connectivity index (χ0n) is 8.99. The largest absolute Gasteiger partial charge is 0.478 e. The number of fused-ring (bicyclic) bond motifs is 1. The highest BCUT2D eigenvalue weighted by Gasteiger charge is 2.22. The zero-order chi connectivity index (χ0) is 11.7. The number of rotatable bonds is 1. The molecule has 2 rings (SSSR count). The third-order valence-electron chi connectivity index (χ3n) is 2.76.